The Morgan fingerprint density at radius 2 is 2.11 bits per heavy atom. The van der Waals surface area contributed by atoms with Crippen molar-refractivity contribution in [3.05, 3.63) is 0 Å². The van der Waals surface area contributed by atoms with Crippen molar-refractivity contribution in [3.63, 3.8) is 0 Å². The monoisotopic (exact) mass is 128 g/mol. The van der Waals surface area contributed by atoms with E-state index in [1.807, 2.05) is 0 Å². The average Bonchev–Trinajstić information content (AvgIpc) is 1.60. The standard InChI is InChI=1S/C7H16N2/c1-6-4-8-5-7(2,3)9-6/h6,8-9H,4-5H2,1-3H3/t6-/m1/s1. The van der Waals surface area contributed by atoms with Crippen LogP contribution in [-0.2, 0) is 0 Å². The van der Waals surface area contributed by atoms with Gasteiger partial charge in [-0.15, -0.1) is 0 Å². The van der Waals surface area contributed by atoms with Crippen LogP contribution in [0.25, 0.3) is 0 Å². The lowest BCUT2D eigenvalue weighted by Gasteiger charge is -2.36. The summed E-state index contributed by atoms with van der Waals surface area (Å²) in [5.41, 5.74) is 0.289. The second-order valence-electron chi connectivity index (χ2n) is 3.56. The SMILES string of the molecule is C[C@@H]1CNCC(C)(C)N1. The highest BCUT2D eigenvalue weighted by molar-refractivity contribution is 4.88. The van der Waals surface area contributed by atoms with Gasteiger partial charge >= 0.3 is 0 Å². The molecule has 9 heavy (non-hydrogen) atoms. The molecule has 1 atom stereocenters. The maximum atomic E-state index is 3.49. The first kappa shape index (κ1) is 7.03. The number of hydrogen-bond donors (Lipinski definition) is 2. The summed E-state index contributed by atoms with van der Waals surface area (Å²) in [6, 6.07) is 0.619. The Labute approximate surface area is 57.0 Å². The van der Waals surface area contributed by atoms with E-state index in [1.54, 1.807) is 0 Å². The van der Waals surface area contributed by atoms with Crippen LogP contribution in [0.5, 0.6) is 0 Å². The summed E-state index contributed by atoms with van der Waals surface area (Å²) in [4.78, 5) is 0. The predicted molar refractivity (Wildman–Crippen MR) is 39.5 cm³/mol. The van der Waals surface area contributed by atoms with E-state index in [-0.39, 0.29) is 5.54 Å². The van der Waals surface area contributed by atoms with Gasteiger partial charge in [0, 0.05) is 24.7 Å². The number of piperazine rings is 1. The summed E-state index contributed by atoms with van der Waals surface area (Å²) >= 11 is 0. The number of hydrogen-bond acceptors (Lipinski definition) is 2. The molecule has 0 aliphatic carbocycles. The van der Waals surface area contributed by atoms with Gasteiger partial charge in [0.05, 0.1) is 0 Å². The summed E-state index contributed by atoms with van der Waals surface area (Å²) in [5.74, 6) is 0. The summed E-state index contributed by atoms with van der Waals surface area (Å²) in [6.07, 6.45) is 0. The van der Waals surface area contributed by atoms with E-state index >= 15 is 0 Å². The summed E-state index contributed by atoms with van der Waals surface area (Å²) in [5, 5.41) is 6.86. The van der Waals surface area contributed by atoms with E-state index in [1.165, 1.54) is 0 Å². The number of rotatable bonds is 0. The molecular weight excluding hydrogens is 112 g/mol. The molecule has 1 aliphatic rings. The predicted octanol–water partition coefficient (Wildman–Crippen LogP) is 0.346. The molecule has 0 radical (unpaired) electrons. The van der Waals surface area contributed by atoms with Crippen molar-refractivity contribution in [3.8, 4) is 0 Å². The Morgan fingerprint density at radius 3 is 2.44 bits per heavy atom. The third-order valence-corrected chi connectivity index (χ3v) is 1.65. The lowest BCUT2D eigenvalue weighted by atomic mass is 10.0. The molecule has 54 valence electrons. The van der Waals surface area contributed by atoms with Gasteiger partial charge in [-0.1, -0.05) is 0 Å². The maximum absolute atomic E-state index is 3.49. The van der Waals surface area contributed by atoms with Crippen LogP contribution < -0.4 is 10.6 Å². The zero-order chi connectivity index (χ0) is 6.91. The van der Waals surface area contributed by atoms with Gasteiger partial charge in [-0.25, -0.2) is 0 Å². The fourth-order valence-corrected chi connectivity index (χ4v) is 1.37. The summed E-state index contributed by atoms with van der Waals surface area (Å²) < 4.78 is 0. The van der Waals surface area contributed by atoms with Gasteiger partial charge < -0.3 is 10.6 Å². The van der Waals surface area contributed by atoms with Crippen molar-refractivity contribution in [2.24, 2.45) is 0 Å². The van der Waals surface area contributed by atoms with Crippen LogP contribution in [0.3, 0.4) is 0 Å². The highest BCUT2D eigenvalue weighted by Gasteiger charge is 2.23. The Balaban J connectivity index is 2.41. The second kappa shape index (κ2) is 2.27. The largest absolute Gasteiger partial charge is 0.313 e. The Morgan fingerprint density at radius 1 is 1.44 bits per heavy atom. The molecule has 0 spiro atoms. The number of nitrogens with one attached hydrogen (secondary N) is 2. The van der Waals surface area contributed by atoms with E-state index in [2.05, 4.69) is 31.4 Å². The molecule has 2 heteroatoms. The normalized spacial score (nSPS) is 34.3. The zero-order valence-electron chi connectivity index (χ0n) is 6.49. The van der Waals surface area contributed by atoms with E-state index in [4.69, 9.17) is 0 Å². The molecule has 0 aromatic rings. The van der Waals surface area contributed by atoms with Gasteiger partial charge in [-0.2, -0.15) is 0 Å². The third kappa shape index (κ3) is 1.95. The van der Waals surface area contributed by atoms with Crippen LogP contribution in [0.2, 0.25) is 0 Å². The minimum atomic E-state index is 0.289. The molecule has 0 aromatic heterocycles. The first-order valence-electron chi connectivity index (χ1n) is 3.58. The fourth-order valence-electron chi connectivity index (χ4n) is 1.37. The van der Waals surface area contributed by atoms with Crippen LogP contribution in [0.1, 0.15) is 20.8 Å². The molecule has 0 bridgehead atoms. The lowest BCUT2D eigenvalue weighted by molar-refractivity contribution is 0.273. The van der Waals surface area contributed by atoms with E-state index in [0.717, 1.165) is 13.1 Å². The molecule has 0 amide bonds. The second-order valence-corrected chi connectivity index (χ2v) is 3.56. The Bertz CT molecular complexity index is 99.1. The molecule has 2 nitrogen and oxygen atoms in total. The highest BCUT2D eigenvalue weighted by atomic mass is 15.1. The minimum absolute atomic E-state index is 0.289. The van der Waals surface area contributed by atoms with Crippen molar-refractivity contribution in [2.75, 3.05) is 13.1 Å². The van der Waals surface area contributed by atoms with Crippen LogP contribution in [0.4, 0.5) is 0 Å². The molecule has 1 rings (SSSR count). The van der Waals surface area contributed by atoms with Crippen LogP contribution in [-0.4, -0.2) is 24.7 Å². The first-order chi connectivity index (χ1) is 4.10. The van der Waals surface area contributed by atoms with Crippen LogP contribution in [0.15, 0.2) is 0 Å². The molecule has 1 aliphatic heterocycles. The van der Waals surface area contributed by atoms with Gasteiger partial charge in [0.25, 0.3) is 0 Å². The molecule has 0 saturated carbocycles. The first-order valence-corrected chi connectivity index (χ1v) is 3.58. The smallest absolute Gasteiger partial charge is 0.0252 e. The highest BCUT2D eigenvalue weighted by Crippen LogP contribution is 2.05. The minimum Gasteiger partial charge on any atom is -0.313 e. The molecule has 0 unspecified atom stereocenters. The van der Waals surface area contributed by atoms with Gasteiger partial charge in [-0.05, 0) is 20.8 Å². The Kier molecular flexibility index (Phi) is 1.78. The molecule has 0 aromatic carbocycles. The molecule has 1 fully saturated rings. The van der Waals surface area contributed by atoms with E-state index in [9.17, 15) is 0 Å². The van der Waals surface area contributed by atoms with Crippen molar-refractivity contribution < 1.29 is 0 Å². The van der Waals surface area contributed by atoms with Crippen molar-refractivity contribution >= 4 is 0 Å². The topological polar surface area (TPSA) is 24.1 Å². The Hall–Kier alpha value is -0.0800. The summed E-state index contributed by atoms with van der Waals surface area (Å²) in [6.45, 7) is 8.82. The molecule has 1 heterocycles. The zero-order valence-corrected chi connectivity index (χ0v) is 6.49. The summed E-state index contributed by atoms with van der Waals surface area (Å²) in [7, 11) is 0. The molecule has 1 saturated heterocycles. The van der Waals surface area contributed by atoms with Crippen molar-refractivity contribution in [1.29, 1.82) is 0 Å². The van der Waals surface area contributed by atoms with Gasteiger partial charge in [0.15, 0.2) is 0 Å². The van der Waals surface area contributed by atoms with E-state index in [0.29, 0.717) is 6.04 Å². The van der Waals surface area contributed by atoms with E-state index < -0.39 is 0 Å². The third-order valence-electron chi connectivity index (χ3n) is 1.65. The fraction of sp³-hybridized carbons (Fsp3) is 1.00. The average molecular weight is 128 g/mol. The molecule has 2 N–H and O–H groups in total. The quantitative estimate of drug-likeness (QED) is 0.492. The maximum Gasteiger partial charge on any atom is 0.0252 e. The lowest BCUT2D eigenvalue weighted by Crippen LogP contribution is -2.59. The molecular formula is C7H16N2. The van der Waals surface area contributed by atoms with Crippen molar-refractivity contribution in [2.45, 2.75) is 32.4 Å². The van der Waals surface area contributed by atoms with Crippen LogP contribution >= 0.6 is 0 Å². The van der Waals surface area contributed by atoms with Crippen molar-refractivity contribution in [1.82, 2.24) is 10.6 Å². The van der Waals surface area contributed by atoms with Gasteiger partial charge in [-0.3, -0.25) is 0 Å². The van der Waals surface area contributed by atoms with Gasteiger partial charge in [0.1, 0.15) is 0 Å². The van der Waals surface area contributed by atoms with Crippen LogP contribution in [0, 0.1) is 0 Å². The van der Waals surface area contributed by atoms with Gasteiger partial charge in [0.2, 0.25) is 0 Å².